The third-order valence-corrected chi connectivity index (χ3v) is 2.67. The molecule has 2 rings (SSSR count). The molecular weight excluding hydrogens is 208 g/mol. The Bertz CT molecular complexity index is 445. The Hall–Kier alpha value is -2.04. The van der Waals surface area contributed by atoms with Crippen LogP contribution >= 0.6 is 0 Å². The molecule has 0 fully saturated rings. The number of fused-ring (bicyclic) bond motifs is 1. The van der Waals surface area contributed by atoms with Crippen LogP contribution in [0, 0.1) is 5.92 Å². The molecule has 84 valence electrons. The highest BCUT2D eigenvalue weighted by Crippen LogP contribution is 2.27. The van der Waals surface area contributed by atoms with E-state index in [1.54, 1.807) is 12.1 Å². The molecule has 1 amide bonds. The zero-order valence-corrected chi connectivity index (χ0v) is 8.73. The van der Waals surface area contributed by atoms with E-state index >= 15 is 0 Å². The summed E-state index contributed by atoms with van der Waals surface area (Å²) in [5.41, 5.74) is 1.43. The Kier molecular flexibility index (Phi) is 2.52. The van der Waals surface area contributed by atoms with Crippen molar-refractivity contribution < 1.29 is 14.7 Å². The maximum Gasteiger partial charge on any atom is 0.308 e. The third-order valence-electron chi connectivity index (χ3n) is 2.67. The topological polar surface area (TPSA) is 78.4 Å². The SMILES string of the molecule is C[C@H](C(=O)O)[C@H]1Nc2ccccc2NC1=O. The smallest absolute Gasteiger partial charge is 0.308 e. The lowest BCUT2D eigenvalue weighted by atomic mass is 9.98. The van der Waals surface area contributed by atoms with Crippen molar-refractivity contribution in [2.24, 2.45) is 5.92 Å². The van der Waals surface area contributed by atoms with E-state index in [9.17, 15) is 9.59 Å². The number of hydrogen-bond acceptors (Lipinski definition) is 3. The summed E-state index contributed by atoms with van der Waals surface area (Å²) < 4.78 is 0. The minimum atomic E-state index is -0.993. The van der Waals surface area contributed by atoms with Gasteiger partial charge in [-0.25, -0.2) is 0 Å². The normalized spacial score (nSPS) is 20.3. The molecule has 0 bridgehead atoms. The van der Waals surface area contributed by atoms with Crippen molar-refractivity contribution in [3.8, 4) is 0 Å². The summed E-state index contributed by atoms with van der Waals surface area (Å²) in [7, 11) is 0. The first-order valence-corrected chi connectivity index (χ1v) is 4.99. The molecule has 1 aliphatic rings. The lowest BCUT2D eigenvalue weighted by Gasteiger charge is -2.28. The fourth-order valence-electron chi connectivity index (χ4n) is 1.66. The number of amides is 1. The van der Waals surface area contributed by atoms with Gasteiger partial charge in [0.2, 0.25) is 5.91 Å². The summed E-state index contributed by atoms with van der Waals surface area (Å²) in [6.45, 7) is 1.51. The molecule has 5 heteroatoms. The van der Waals surface area contributed by atoms with Crippen LogP contribution in [0.15, 0.2) is 24.3 Å². The first kappa shape index (κ1) is 10.5. The number of carboxylic acid groups (broad SMARTS) is 1. The summed E-state index contributed by atoms with van der Waals surface area (Å²) in [5, 5.41) is 14.5. The van der Waals surface area contributed by atoms with Crippen molar-refractivity contribution in [2.75, 3.05) is 10.6 Å². The second-order valence-electron chi connectivity index (χ2n) is 3.78. The molecule has 3 N–H and O–H groups in total. The van der Waals surface area contributed by atoms with Crippen molar-refractivity contribution in [3.05, 3.63) is 24.3 Å². The number of carbonyl (C=O) groups excluding carboxylic acids is 1. The van der Waals surface area contributed by atoms with Crippen molar-refractivity contribution in [2.45, 2.75) is 13.0 Å². The Balaban J connectivity index is 2.28. The Morgan fingerprint density at radius 1 is 1.38 bits per heavy atom. The van der Waals surface area contributed by atoms with E-state index in [0.29, 0.717) is 5.69 Å². The van der Waals surface area contributed by atoms with Crippen molar-refractivity contribution in [1.29, 1.82) is 0 Å². The van der Waals surface area contributed by atoms with Gasteiger partial charge in [-0.1, -0.05) is 12.1 Å². The van der Waals surface area contributed by atoms with Gasteiger partial charge in [0.25, 0.3) is 0 Å². The number of carbonyl (C=O) groups is 2. The predicted molar refractivity (Wildman–Crippen MR) is 59.3 cm³/mol. The van der Waals surface area contributed by atoms with Crippen LogP contribution in [0.4, 0.5) is 11.4 Å². The highest BCUT2D eigenvalue weighted by Gasteiger charge is 2.33. The standard InChI is InChI=1S/C11H12N2O3/c1-6(11(15)16)9-10(14)13-8-5-3-2-4-7(8)12-9/h2-6,9,12H,1H3,(H,13,14)(H,15,16)/t6-,9+/m0/s1. The van der Waals surface area contributed by atoms with Gasteiger partial charge in [-0.3, -0.25) is 9.59 Å². The highest BCUT2D eigenvalue weighted by atomic mass is 16.4. The lowest BCUT2D eigenvalue weighted by Crippen LogP contribution is -2.45. The van der Waals surface area contributed by atoms with E-state index < -0.39 is 17.9 Å². The van der Waals surface area contributed by atoms with E-state index in [1.165, 1.54) is 6.92 Å². The van der Waals surface area contributed by atoms with Gasteiger partial charge in [-0.15, -0.1) is 0 Å². The van der Waals surface area contributed by atoms with Gasteiger partial charge in [0.15, 0.2) is 0 Å². The highest BCUT2D eigenvalue weighted by molar-refractivity contribution is 6.04. The van der Waals surface area contributed by atoms with Crippen LogP contribution in [0.2, 0.25) is 0 Å². The molecule has 1 aromatic rings. The van der Waals surface area contributed by atoms with E-state index in [0.717, 1.165) is 5.69 Å². The fourth-order valence-corrected chi connectivity index (χ4v) is 1.66. The number of aliphatic carboxylic acids is 1. The van der Waals surface area contributed by atoms with Gasteiger partial charge in [-0.05, 0) is 19.1 Å². The van der Waals surface area contributed by atoms with E-state index in [4.69, 9.17) is 5.11 Å². The molecule has 0 saturated heterocycles. The summed E-state index contributed by atoms with van der Waals surface area (Å²) in [6, 6.07) is 6.47. The largest absolute Gasteiger partial charge is 0.481 e. The number of nitrogens with one attached hydrogen (secondary N) is 2. The summed E-state index contributed by atoms with van der Waals surface area (Å²) in [4.78, 5) is 22.5. The van der Waals surface area contributed by atoms with Crippen LogP contribution in [-0.4, -0.2) is 23.0 Å². The van der Waals surface area contributed by atoms with Crippen molar-refractivity contribution >= 4 is 23.3 Å². The molecule has 16 heavy (non-hydrogen) atoms. The average molecular weight is 220 g/mol. The van der Waals surface area contributed by atoms with E-state index in [2.05, 4.69) is 10.6 Å². The number of anilines is 2. The molecule has 1 aliphatic heterocycles. The van der Waals surface area contributed by atoms with Crippen LogP contribution in [0.1, 0.15) is 6.92 Å². The van der Waals surface area contributed by atoms with Gasteiger partial charge in [0, 0.05) is 0 Å². The van der Waals surface area contributed by atoms with Crippen LogP contribution in [0.25, 0.3) is 0 Å². The molecule has 2 atom stereocenters. The Morgan fingerprint density at radius 2 is 2.00 bits per heavy atom. The van der Waals surface area contributed by atoms with E-state index in [-0.39, 0.29) is 5.91 Å². The molecule has 0 aliphatic carbocycles. The molecule has 5 nitrogen and oxygen atoms in total. The zero-order chi connectivity index (χ0) is 11.7. The van der Waals surface area contributed by atoms with Crippen molar-refractivity contribution in [3.63, 3.8) is 0 Å². The van der Waals surface area contributed by atoms with Crippen LogP contribution < -0.4 is 10.6 Å². The molecule has 0 saturated carbocycles. The minimum Gasteiger partial charge on any atom is -0.481 e. The number of carboxylic acids is 1. The maximum atomic E-state index is 11.7. The van der Waals surface area contributed by atoms with E-state index in [1.807, 2.05) is 12.1 Å². The zero-order valence-electron chi connectivity index (χ0n) is 8.73. The van der Waals surface area contributed by atoms with Crippen LogP contribution in [0.5, 0.6) is 0 Å². The summed E-state index contributed by atoms with van der Waals surface area (Å²) in [5.74, 6) is -2.08. The quantitative estimate of drug-likeness (QED) is 0.698. The number of para-hydroxylation sites is 2. The second-order valence-corrected chi connectivity index (χ2v) is 3.78. The third kappa shape index (κ3) is 1.71. The molecule has 0 radical (unpaired) electrons. The summed E-state index contributed by atoms with van der Waals surface area (Å²) in [6.07, 6.45) is 0. The van der Waals surface area contributed by atoms with Gasteiger partial charge in [-0.2, -0.15) is 0 Å². The fraction of sp³-hybridized carbons (Fsp3) is 0.273. The average Bonchev–Trinajstić information content (AvgIpc) is 2.27. The van der Waals surface area contributed by atoms with Gasteiger partial charge < -0.3 is 15.7 Å². The number of benzene rings is 1. The van der Waals surface area contributed by atoms with Gasteiger partial charge in [0.1, 0.15) is 6.04 Å². The number of hydrogen-bond donors (Lipinski definition) is 3. The molecule has 0 aromatic heterocycles. The lowest BCUT2D eigenvalue weighted by molar-refractivity contribution is -0.143. The first-order chi connectivity index (χ1) is 7.59. The number of rotatable bonds is 2. The second kappa shape index (κ2) is 3.84. The molecular formula is C11H12N2O3. The molecule has 1 heterocycles. The summed E-state index contributed by atoms with van der Waals surface area (Å²) >= 11 is 0. The Morgan fingerprint density at radius 3 is 2.62 bits per heavy atom. The van der Waals surface area contributed by atoms with Crippen LogP contribution in [-0.2, 0) is 9.59 Å². The molecule has 0 unspecified atom stereocenters. The Labute approximate surface area is 92.5 Å². The minimum absolute atomic E-state index is 0.311. The monoisotopic (exact) mass is 220 g/mol. The van der Waals surface area contributed by atoms with Gasteiger partial charge >= 0.3 is 5.97 Å². The molecule has 0 spiro atoms. The maximum absolute atomic E-state index is 11.7. The van der Waals surface area contributed by atoms with Crippen LogP contribution in [0.3, 0.4) is 0 Å². The van der Waals surface area contributed by atoms with Gasteiger partial charge in [0.05, 0.1) is 17.3 Å². The predicted octanol–water partition coefficient (Wildman–Crippen LogP) is 1.14. The molecule has 1 aromatic carbocycles. The van der Waals surface area contributed by atoms with Crippen molar-refractivity contribution in [1.82, 2.24) is 0 Å². The first-order valence-electron chi connectivity index (χ1n) is 4.99.